The lowest BCUT2D eigenvalue weighted by Crippen LogP contribution is -2.38. The minimum Gasteiger partial charge on any atom is -0.342 e. The molecule has 1 aliphatic rings. The number of fused-ring (bicyclic) bond motifs is 1. The third-order valence-electron chi connectivity index (χ3n) is 5.97. The number of piperidine rings is 1. The van der Waals surface area contributed by atoms with Gasteiger partial charge in [0.2, 0.25) is 5.95 Å². The van der Waals surface area contributed by atoms with Crippen LogP contribution in [-0.2, 0) is 14.1 Å². The number of aromatic nitrogens is 4. The van der Waals surface area contributed by atoms with Crippen LogP contribution >= 0.6 is 0 Å². The summed E-state index contributed by atoms with van der Waals surface area (Å²) in [5.74, 6) is 0.533. The van der Waals surface area contributed by atoms with Crippen LogP contribution in [0.5, 0.6) is 0 Å². The molecule has 1 saturated heterocycles. The molecule has 3 aromatic rings. The highest BCUT2D eigenvalue weighted by Crippen LogP contribution is 2.30. The van der Waals surface area contributed by atoms with Crippen molar-refractivity contribution in [3.05, 3.63) is 56.7 Å². The number of carbonyl (C=O) groups excluding carboxylic acids is 1. The minimum absolute atomic E-state index is 0.0634. The Kier molecular flexibility index (Phi) is 5.32. The summed E-state index contributed by atoms with van der Waals surface area (Å²) in [6.45, 7) is 3.56. The summed E-state index contributed by atoms with van der Waals surface area (Å²) in [6.07, 6.45) is 3.72. The molecule has 1 fully saturated rings. The number of rotatable bonds is 5. The molecule has 0 radical (unpaired) electrons. The van der Waals surface area contributed by atoms with Gasteiger partial charge in [0.15, 0.2) is 16.9 Å². The number of nitrogens with zero attached hydrogens (tertiary/aromatic N) is 5. The van der Waals surface area contributed by atoms with Gasteiger partial charge in [-0.1, -0.05) is 37.3 Å². The molecule has 1 aromatic carbocycles. The molecule has 1 aliphatic heterocycles. The van der Waals surface area contributed by atoms with Crippen molar-refractivity contribution in [1.82, 2.24) is 18.7 Å². The van der Waals surface area contributed by atoms with E-state index < -0.39 is 17.3 Å². The number of benzene rings is 1. The number of hydrogen-bond acceptors (Lipinski definition) is 5. The first-order chi connectivity index (χ1) is 14.5. The van der Waals surface area contributed by atoms with Crippen LogP contribution in [0, 0.1) is 0 Å². The molecule has 8 nitrogen and oxygen atoms in total. The maximum Gasteiger partial charge on any atom is 0.332 e. The molecule has 8 heteroatoms. The van der Waals surface area contributed by atoms with Crippen molar-refractivity contribution in [3.63, 3.8) is 0 Å². The topological polar surface area (TPSA) is 82.1 Å². The Bertz CT molecular complexity index is 1200. The monoisotopic (exact) mass is 409 g/mol. The number of carbonyl (C=O) groups is 1. The predicted molar refractivity (Wildman–Crippen MR) is 116 cm³/mol. The maximum atomic E-state index is 13.5. The summed E-state index contributed by atoms with van der Waals surface area (Å²) in [5.41, 5.74) is 0.365. The van der Waals surface area contributed by atoms with Crippen LogP contribution < -0.4 is 16.1 Å². The van der Waals surface area contributed by atoms with Crippen LogP contribution in [-0.4, -0.2) is 37.6 Å². The third-order valence-corrected chi connectivity index (χ3v) is 5.97. The molecule has 0 spiro atoms. The molecule has 0 saturated carbocycles. The molecule has 30 heavy (non-hydrogen) atoms. The highest BCUT2D eigenvalue weighted by molar-refractivity contribution is 6.00. The lowest BCUT2D eigenvalue weighted by atomic mass is 10.0. The van der Waals surface area contributed by atoms with Gasteiger partial charge in [-0.3, -0.25) is 23.3 Å². The second-order valence-electron chi connectivity index (χ2n) is 7.86. The SMILES string of the molecule is CC[C@H](C(=O)c1ccccc1)n1c(N2CCCCC2)nc2c1c(=O)n(C)c(=O)n2C. The van der Waals surface area contributed by atoms with E-state index >= 15 is 0 Å². The molecule has 1 atom stereocenters. The van der Waals surface area contributed by atoms with Gasteiger partial charge < -0.3 is 4.90 Å². The van der Waals surface area contributed by atoms with Gasteiger partial charge in [-0.25, -0.2) is 4.79 Å². The molecule has 0 aliphatic carbocycles. The first kappa shape index (κ1) is 20.1. The van der Waals surface area contributed by atoms with Gasteiger partial charge >= 0.3 is 5.69 Å². The highest BCUT2D eigenvalue weighted by atomic mass is 16.2. The zero-order chi connectivity index (χ0) is 21.4. The van der Waals surface area contributed by atoms with E-state index in [4.69, 9.17) is 4.98 Å². The van der Waals surface area contributed by atoms with Gasteiger partial charge in [-0.2, -0.15) is 4.98 Å². The van der Waals surface area contributed by atoms with Crippen molar-refractivity contribution in [1.29, 1.82) is 0 Å². The fraction of sp³-hybridized carbons (Fsp3) is 0.455. The number of ketones is 1. The fourth-order valence-corrected chi connectivity index (χ4v) is 4.30. The Balaban J connectivity index is 2.01. The van der Waals surface area contributed by atoms with Crippen LogP contribution in [0.25, 0.3) is 11.2 Å². The summed E-state index contributed by atoms with van der Waals surface area (Å²) in [7, 11) is 3.07. The summed E-state index contributed by atoms with van der Waals surface area (Å²) in [5, 5.41) is 0. The molecule has 4 rings (SSSR count). The molecular formula is C22H27N5O3. The van der Waals surface area contributed by atoms with Crippen molar-refractivity contribution >= 4 is 22.9 Å². The molecular weight excluding hydrogens is 382 g/mol. The Hall–Kier alpha value is -3.16. The average Bonchev–Trinajstić information content (AvgIpc) is 3.18. The highest BCUT2D eigenvalue weighted by Gasteiger charge is 2.31. The Labute approximate surface area is 174 Å². The van der Waals surface area contributed by atoms with E-state index in [2.05, 4.69) is 4.90 Å². The third kappa shape index (κ3) is 3.16. The van der Waals surface area contributed by atoms with E-state index in [1.165, 1.54) is 11.6 Å². The largest absolute Gasteiger partial charge is 0.342 e. The number of hydrogen-bond donors (Lipinski definition) is 0. The van der Waals surface area contributed by atoms with Crippen molar-refractivity contribution in [2.45, 2.75) is 38.6 Å². The molecule has 3 heterocycles. The molecule has 0 bridgehead atoms. The molecule has 0 amide bonds. The molecule has 0 N–H and O–H groups in total. The van der Waals surface area contributed by atoms with Crippen LogP contribution in [0.4, 0.5) is 5.95 Å². The number of anilines is 1. The van der Waals surface area contributed by atoms with Crippen LogP contribution in [0.1, 0.15) is 49.0 Å². The van der Waals surface area contributed by atoms with Crippen LogP contribution in [0.3, 0.4) is 0 Å². The van der Waals surface area contributed by atoms with Gasteiger partial charge in [0, 0.05) is 32.7 Å². The minimum atomic E-state index is -0.584. The summed E-state index contributed by atoms with van der Waals surface area (Å²) in [4.78, 5) is 46.0. The quantitative estimate of drug-likeness (QED) is 0.604. The number of Topliss-reactive ketones (excluding diaryl/α,β-unsaturated/α-hetero) is 1. The van der Waals surface area contributed by atoms with Crippen molar-refractivity contribution in [3.8, 4) is 0 Å². The van der Waals surface area contributed by atoms with Crippen molar-refractivity contribution in [2.75, 3.05) is 18.0 Å². The first-order valence-electron chi connectivity index (χ1n) is 10.5. The average molecular weight is 409 g/mol. The standard InChI is InChI=1S/C22H27N5O3/c1-4-16(18(28)15-11-7-5-8-12-15)27-17-19(24(2)22(30)25(3)20(17)29)23-21(27)26-13-9-6-10-14-26/h5,7-8,11-12,16H,4,6,9-10,13-14H2,1-3H3/t16-/m1/s1. The smallest absolute Gasteiger partial charge is 0.332 e. The van der Waals surface area contributed by atoms with Gasteiger partial charge in [-0.05, 0) is 25.7 Å². The van der Waals surface area contributed by atoms with E-state index in [1.807, 2.05) is 25.1 Å². The Morgan fingerprint density at radius 1 is 1.03 bits per heavy atom. The second-order valence-corrected chi connectivity index (χ2v) is 7.86. The van der Waals surface area contributed by atoms with Gasteiger partial charge in [-0.15, -0.1) is 0 Å². The van der Waals surface area contributed by atoms with Crippen LogP contribution in [0.15, 0.2) is 39.9 Å². The lowest BCUT2D eigenvalue weighted by molar-refractivity contribution is 0.0925. The summed E-state index contributed by atoms with van der Waals surface area (Å²) < 4.78 is 4.25. The van der Waals surface area contributed by atoms with Crippen molar-refractivity contribution in [2.24, 2.45) is 14.1 Å². The van der Waals surface area contributed by atoms with Crippen LogP contribution in [0.2, 0.25) is 0 Å². The van der Waals surface area contributed by atoms with Crippen molar-refractivity contribution < 1.29 is 4.79 Å². The number of aryl methyl sites for hydroxylation is 1. The predicted octanol–water partition coefficient (Wildman–Crippen LogP) is 2.26. The van der Waals surface area contributed by atoms with Gasteiger partial charge in [0.05, 0.1) is 0 Å². The number of imidazole rings is 1. The lowest BCUT2D eigenvalue weighted by Gasteiger charge is -2.30. The zero-order valence-electron chi connectivity index (χ0n) is 17.7. The molecule has 0 unspecified atom stereocenters. The Morgan fingerprint density at radius 3 is 2.33 bits per heavy atom. The normalized spacial score (nSPS) is 15.5. The maximum absolute atomic E-state index is 13.5. The van der Waals surface area contributed by atoms with E-state index in [0.29, 0.717) is 29.1 Å². The van der Waals surface area contributed by atoms with E-state index in [1.54, 1.807) is 23.7 Å². The Morgan fingerprint density at radius 2 is 1.70 bits per heavy atom. The second kappa shape index (κ2) is 7.93. The van der Waals surface area contributed by atoms with E-state index in [-0.39, 0.29) is 5.78 Å². The van der Waals surface area contributed by atoms with E-state index in [9.17, 15) is 14.4 Å². The summed E-state index contributed by atoms with van der Waals surface area (Å²) >= 11 is 0. The first-order valence-corrected chi connectivity index (χ1v) is 10.5. The van der Waals surface area contributed by atoms with Gasteiger partial charge in [0.25, 0.3) is 5.56 Å². The van der Waals surface area contributed by atoms with Gasteiger partial charge in [0.1, 0.15) is 6.04 Å². The summed E-state index contributed by atoms with van der Waals surface area (Å²) in [6, 6.07) is 8.53. The van der Waals surface area contributed by atoms with E-state index in [0.717, 1.165) is 36.9 Å². The fourth-order valence-electron chi connectivity index (χ4n) is 4.30. The zero-order valence-corrected chi connectivity index (χ0v) is 17.7. The molecule has 158 valence electrons. The molecule has 2 aromatic heterocycles.